The van der Waals surface area contributed by atoms with Crippen LogP contribution in [0.1, 0.15) is 30.6 Å². The van der Waals surface area contributed by atoms with Crippen LogP contribution in [-0.2, 0) is 10.0 Å². The average Bonchev–Trinajstić information content (AvgIpc) is 2.78. The summed E-state index contributed by atoms with van der Waals surface area (Å²) in [6.45, 7) is 6.00. The van der Waals surface area contributed by atoms with Crippen LogP contribution in [0.15, 0.2) is 47.4 Å². The zero-order chi connectivity index (χ0) is 22.4. The summed E-state index contributed by atoms with van der Waals surface area (Å²) in [7, 11) is -3.62. The van der Waals surface area contributed by atoms with Crippen LogP contribution >= 0.6 is 11.6 Å². The molecule has 0 aliphatic carbocycles. The van der Waals surface area contributed by atoms with Gasteiger partial charge in [-0.05, 0) is 55.8 Å². The van der Waals surface area contributed by atoms with Crippen molar-refractivity contribution in [1.29, 1.82) is 0 Å². The summed E-state index contributed by atoms with van der Waals surface area (Å²) in [6.07, 6.45) is 0.870. The van der Waals surface area contributed by atoms with Crippen LogP contribution in [0.5, 0.6) is 11.5 Å². The first-order chi connectivity index (χ1) is 14.9. The molecule has 1 aliphatic heterocycles. The van der Waals surface area contributed by atoms with Gasteiger partial charge in [0.2, 0.25) is 10.0 Å². The largest absolute Gasteiger partial charge is 0.490 e. The van der Waals surface area contributed by atoms with Gasteiger partial charge in [-0.15, -0.1) is 0 Å². The molecule has 0 spiro atoms. The highest BCUT2D eigenvalue weighted by molar-refractivity contribution is 7.89. The van der Waals surface area contributed by atoms with Crippen molar-refractivity contribution in [2.24, 2.45) is 0 Å². The Labute approximate surface area is 188 Å². The lowest BCUT2D eigenvalue weighted by atomic mass is 10.1. The van der Waals surface area contributed by atoms with Crippen molar-refractivity contribution >= 4 is 27.5 Å². The Hall–Kier alpha value is -2.29. The summed E-state index contributed by atoms with van der Waals surface area (Å²) in [4.78, 5) is 14.8. The van der Waals surface area contributed by atoms with Gasteiger partial charge in [-0.2, -0.15) is 4.31 Å². The summed E-state index contributed by atoms with van der Waals surface area (Å²) in [5, 5.41) is 0.479. The Bertz CT molecular complexity index is 1000. The lowest BCUT2D eigenvalue weighted by Gasteiger charge is -2.34. The Morgan fingerprint density at radius 1 is 0.968 bits per heavy atom. The van der Waals surface area contributed by atoms with Crippen LogP contribution < -0.4 is 9.47 Å². The molecule has 0 unspecified atom stereocenters. The predicted molar refractivity (Wildman–Crippen MR) is 120 cm³/mol. The number of carbonyl (C=O) groups is 1. The molecule has 168 valence electrons. The number of halogens is 1. The third kappa shape index (κ3) is 5.50. The number of rotatable bonds is 8. The molecule has 0 radical (unpaired) electrons. The van der Waals surface area contributed by atoms with Crippen molar-refractivity contribution < 1.29 is 22.7 Å². The highest BCUT2D eigenvalue weighted by atomic mass is 35.5. The van der Waals surface area contributed by atoms with Crippen LogP contribution in [0, 0.1) is 0 Å². The zero-order valence-electron chi connectivity index (χ0n) is 17.7. The normalized spacial score (nSPS) is 15.0. The standard InChI is InChI=1S/C22H27ClN2O5S/c1-3-15-30-20-10-5-17(16-21(20)29-4-2)22(26)24-11-13-25(14-12-24)31(27,28)19-8-6-18(23)7-9-19/h5-10,16H,3-4,11-15H2,1-2H3. The lowest BCUT2D eigenvalue weighted by Crippen LogP contribution is -2.50. The SMILES string of the molecule is CCCOc1ccc(C(=O)N2CCN(S(=O)(=O)c3ccc(Cl)cc3)CC2)cc1OCC. The number of ether oxygens (including phenoxy) is 2. The minimum absolute atomic E-state index is 0.161. The van der Waals surface area contributed by atoms with Gasteiger partial charge in [0.1, 0.15) is 0 Å². The molecule has 0 N–H and O–H groups in total. The number of hydrogen-bond donors (Lipinski definition) is 0. The second-order valence-electron chi connectivity index (χ2n) is 7.09. The van der Waals surface area contributed by atoms with E-state index in [9.17, 15) is 13.2 Å². The van der Waals surface area contributed by atoms with E-state index in [4.69, 9.17) is 21.1 Å². The second-order valence-corrected chi connectivity index (χ2v) is 9.47. The minimum Gasteiger partial charge on any atom is -0.490 e. The zero-order valence-corrected chi connectivity index (χ0v) is 19.3. The van der Waals surface area contributed by atoms with Crippen molar-refractivity contribution in [2.75, 3.05) is 39.4 Å². The fourth-order valence-corrected chi connectivity index (χ4v) is 4.86. The van der Waals surface area contributed by atoms with E-state index in [-0.39, 0.29) is 23.9 Å². The number of amides is 1. The maximum Gasteiger partial charge on any atom is 0.254 e. The smallest absolute Gasteiger partial charge is 0.254 e. The van der Waals surface area contributed by atoms with Crippen molar-refractivity contribution in [1.82, 2.24) is 9.21 Å². The number of piperazine rings is 1. The molecule has 2 aromatic carbocycles. The molecule has 3 rings (SSSR count). The van der Waals surface area contributed by atoms with E-state index >= 15 is 0 Å². The van der Waals surface area contributed by atoms with Crippen LogP contribution in [0.2, 0.25) is 5.02 Å². The van der Waals surface area contributed by atoms with Gasteiger partial charge < -0.3 is 14.4 Å². The Morgan fingerprint density at radius 3 is 2.26 bits per heavy atom. The van der Waals surface area contributed by atoms with Crippen LogP contribution in [0.3, 0.4) is 0 Å². The quantitative estimate of drug-likeness (QED) is 0.593. The third-order valence-corrected chi connectivity index (χ3v) is 7.09. The van der Waals surface area contributed by atoms with Crippen LogP contribution in [0.4, 0.5) is 0 Å². The Kier molecular flexibility index (Phi) is 7.80. The highest BCUT2D eigenvalue weighted by Crippen LogP contribution is 2.29. The number of hydrogen-bond acceptors (Lipinski definition) is 5. The molecule has 0 atom stereocenters. The molecule has 31 heavy (non-hydrogen) atoms. The van der Waals surface area contributed by atoms with Crippen molar-refractivity contribution in [3.63, 3.8) is 0 Å². The molecule has 1 fully saturated rings. The van der Waals surface area contributed by atoms with Crippen LogP contribution in [-0.4, -0.2) is 62.9 Å². The molecule has 1 aliphatic rings. The summed E-state index contributed by atoms with van der Waals surface area (Å²) in [6, 6.07) is 11.2. The summed E-state index contributed by atoms with van der Waals surface area (Å²) >= 11 is 5.86. The maximum absolute atomic E-state index is 13.0. The third-order valence-electron chi connectivity index (χ3n) is 4.93. The number of sulfonamides is 1. The Balaban J connectivity index is 1.68. The average molecular weight is 467 g/mol. The van der Waals surface area contributed by atoms with Gasteiger partial charge >= 0.3 is 0 Å². The monoisotopic (exact) mass is 466 g/mol. The molecule has 2 aromatic rings. The van der Waals surface area contributed by atoms with Gasteiger partial charge in [0.05, 0.1) is 18.1 Å². The maximum atomic E-state index is 13.0. The van der Waals surface area contributed by atoms with Gasteiger partial charge in [0.15, 0.2) is 11.5 Å². The summed E-state index contributed by atoms with van der Waals surface area (Å²) < 4.78 is 38.4. The molecular weight excluding hydrogens is 440 g/mol. The van der Waals surface area contributed by atoms with E-state index < -0.39 is 10.0 Å². The molecule has 1 saturated heterocycles. The molecule has 0 saturated carbocycles. The first kappa shape index (κ1) is 23.4. The van der Waals surface area contributed by atoms with E-state index in [1.165, 1.54) is 16.4 Å². The van der Waals surface area contributed by atoms with Crippen LogP contribution in [0.25, 0.3) is 0 Å². The Morgan fingerprint density at radius 2 is 1.65 bits per heavy atom. The molecular formula is C22H27ClN2O5S. The van der Waals surface area contributed by atoms with Gasteiger partial charge in [-0.25, -0.2) is 8.42 Å². The predicted octanol–water partition coefficient (Wildman–Crippen LogP) is 3.67. The molecule has 1 heterocycles. The van der Waals surface area contributed by atoms with Crippen molar-refractivity contribution in [2.45, 2.75) is 25.2 Å². The topological polar surface area (TPSA) is 76.2 Å². The molecule has 1 amide bonds. The van der Waals surface area contributed by atoms with Gasteiger partial charge in [-0.3, -0.25) is 4.79 Å². The number of carbonyl (C=O) groups excluding carboxylic acids is 1. The van der Waals surface area contributed by atoms with Gasteiger partial charge in [0.25, 0.3) is 5.91 Å². The minimum atomic E-state index is -3.62. The molecule has 9 heteroatoms. The van der Waals surface area contributed by atoms with E-state index in [0.717, 1.165) is 6.42 Å². The molecule has 0 aromatic heterocycles. The van der Waals surface area contributed by atoms with Crippen molar-refractivity contribution in [3.05, 3.63) is 53.1 Å². The van der Waals surface area contributed by atoms with Gasteiger partial charge in [0, 0.05) is 36.8 Å². The second kappa shape index (κ2) is 10.3. The van der Waals surface area contributed by atoms with E-state index in [1.807, 2.05) is 13.8 Å². The van der Waals surface area contributed by atoms with E-state index in [2.05, 4.69) is 0 Å². The highest BCUT2D eigenvalue weighted by Gasteiger charge is 2.30. The molecule has 7 nitrogen and oxygen atoms in total. The van der Waals surface area contributed by atoms with Gasteiger partial charge in [-0.1, -0.05) is 18.5 Å². The summed E-state index contributed by atoms with van der Waals surface area (Å²) in [5.74, 6) is 0.983. The van der Waals surface area contributed by atoms with E-state index in [1.54, 1.807) is 35.2 Å². The van der Waals surface area contributed by atoms with Crippen molar-refractivity contribution in [3.8, 4) is 11.5 Å². The molecule has 0 bridgehead atoms. The number of nitrogens with zero attached hydrogens (tertiary/aromatic N) is 2. The fourth-order valence-electron chi connectivity index (χ4n) is 3.31. The first-order valence-electron chi connectivity index (χ1n) is 10.3. The summed E-state index contributed by atoms with van der Waals surface area (Å²) in [5.41, 5.74) is 0.487. The fraction of sp³-hybridized carbons (Fsp3) is 0.409. The lowest BCUT2D eigenvalue weighted by molar-refractivity contribution is 0.0697. The first-order valence-corrected chi connectivity index (χ1v) is 12.1. The number of benzene rings is 2. The van der Waals surface area contributed by atoms with E-state index in [0.29, 0.717) is 48.4 Å².